The van der Waals surface area contributed by atoms with E-state index in [0.29, 0.717) is 48.9 Å². The fraction of sp³-hybridized carbons (Fsp3) is 0.474. The lowest BCUT2D eigenvalue weighted by molar-refractivity contribution is -0.124. The van der Waals surface area contributed by atoms with Crippen molar-refractivity contribution in [2.24, 2.45) is 0 Å². The fourth-order valence-electron chi connectivity index (χ4n) is 2.79. The molecular formula is C19H24N2O5. The fourth-order valence-corrected chi connectivity index (χ4v) is 2.79. The van der Waals surface area contributed by atoms with Crippen molar-refractivity contribution in [1.82, 2.24) is 5.32 Å². The van der Waals surface area contributed by atoms with E-state index in [4.69, 9.17) is 13.9 Å². The third-order valence-corrected chi connectivity index (χ3v) is 3.90. The van der Waals surface area contributed by atoms with Crippen LogP contribution >= 0.6 is 0 Å². The first kappa shape index (κ1) is 18.3. The summed E-state index contributed by atoms with van der Waals surface area (Å²) < 4.78 is 16.9. The number of carbonyl (C=O) groups is 1. The number of rotatable bonds is 4. The molecule has 0 bridgehead atoms. The van der Waals surface area contributed by atoms with E-state index in [1.807, 2.05) is 25.7 Å². The lowest BCUT2D eigenvalue weighted by Gasteiger charge is -2.27. The minimum Gasteiger partial charge on any atom is -0.480 e. The zero-order valence-corrected chi connectivity index (χ0v) is 15.3. The Hall–Kier alpha value is -2.54. The van der Waals surface area contributed by atoms with Gasteiger partial charge >= 0.3 is 0 Å². The van der Waals surface area contributed by atoms with Crippen molar-refractivity contribution in [3.05, 3.63) is 34.5 Å². The standard InChI is InChI=1S/C19H24N2O5/c1-19(2,3)20-16(23)12-25-15-6-4-5-13-14(22)11-17(26-18(13)15)21-7-9-24-10-8-21/h4-6,11H,7-10,12H2,1-3H3,(H,20,23). The Morgan fingerprint density at radius 1 is 1.27 bits per heavy atom. The number of carbonyl (C=O) groups excluding carboxylic acids is 1. The molecule has 7 heteroatoms. The first-order valence-corrected chi connectivity index (χ1v) is 8.67. The molecule has 1 saturated heterocycles. The number of nitrogens with zero attached hydrogens (tertiary/aromatic N) is 1. The van der Waals surface area contributed by atoms with Crippen LogP contribution in [0.15, 0.2) is 33.5 Å². The second-order valence-electron chi connectivity index (χ2n) is 7.27. The van der Waals surface area contributed by atoms with Gasteiger partial charge in [-0.05, 0) is 32.9 Å². The van der Waals surface area contributed by atoms with Gasteiger partial charge in [-0.1, -0.05) is 6.07 Å². The quantitative estimate of drug-likeness (QED) is 0.897. The first-order chi connectivity index (χ1) is 12.3. The maximum Gasteiger partial charge on any atom is 0.258 e. The minimum atomic E-state index is -0.338. The Morgan fingerprint density at radius 2 is 2.00 bits per heavy atom. The van der Waals surface area contributed by atoms with Crippen molar-refractivity contribution in [3.8, 4) is 5.75 Å². The summed E-state index contributed by atoms with van der Waals surface area (Å²) in [5.74, 6) is 0.626. The Kier molecular flexibility index (Phi) is 5.18. The Balaban J connectivity index is 1.87. The summed E-state index contributed by atoms with van der Waals surface area (Å²) >= 11 is 0. The largest absolute Gasteiger partial charge is 0.480 e. The smallest absolute Gasteiger partial charge is 0.258 e. The molecule has 2 aromatic rings. The van der Waals surface area contributed by atoms with Gasteiger partial charge < -0.3 is 24.1 Å². The van der Waals surface area contributed by atoms with Crippen molar-refractivity contribution >= 4 is 22.8 Å². The lowest BCUT2D eigenvalue weighted by Crippen LogP contribution is -2.43. The number of para-hydroxylation sites is 1. The number of nitrogens with one attached hydrogen (secondary N) is 1. The molecule has 1 fully saturated rings. The van der Waals surface area contributed by atoms with E-state index < -0.39 is 0 Å². The van der Waals surface area contributed by atoms with E-state index in [9.17, 15) is 9.59 Å². The van der Waals surface area contributed by atoms with Crippen LogP contribution in [0, 0.1) is 0 Å². The molecule has 0 aliphatic carbocycles. The first-order valence-electron chi connectivity index (χ1n) is 8.67. The molecule has 140 valence electrons. The molecule has 1 aliphatic heterocycles. The van der Waals surface area contributed by atoms with E-state index in [-0.39, 0.29) is 23.5 Å². The minimum absolute atomic E-state index is 0.141. The summed E-state index contributed by atoms with van der Waals surface area (Å²) in [6, 6.07) is 6.58. The van der Waals surface area contributed by atoms with Crippen LogP contribution in [0.4, 0.5) is 5.88 Å². The van der Waals surface area contributed by atoms with Crippen LogP contribution in [-0.2, 0) is 9.53 Å². The second-order valence-corrected chi connectivity index (χ2v) is 7.27. The van der Waals surface area contributed by atoms with Gasteiger partial charge in [0.2, 0.25) is 0 Å². The molecule has 26 heavy (non-hydrogen) atoms. The van der Waals surface area contributed by atoms with Crippen molar-refractivity contribution in [2.75, 3.05) is 37.8 Å². The molecule has 0 atom stereocenters. The Labute approximate surface area is 151 Å². The molecule has 1 aliphatic rings. The molecule has 0 radical (unpaired) electrons. The summed E-state index contributed by atoms with van der Waals surface area (Å²) in [7, 11) is 0. The van der Waals surface area contributed by atoms with Crippen molar-refractivity contribution in [3.63, 3.8) is 0 Å². The van der Waals surface area contributed by atoms with Crippen molar-refractivity contribution in [2.45, 2.75) is 26.3 Å². The number of benzene rings is 1. The summed E-state index contributed by atoms with van der Waals surface area (Å²) in [6.45, 7) is 8.04. The van der Waals surface area contributed by atoms with Crippen molar-refractivity contribution < 1.29 is 18.7 Å². The van der Waals surface area contributed by atoms with Crippen LogP contribution in [-0.4, -0.2) is 44.4 Å². The highest BCUT2D eigenvalue weighted by molar-refractivity contribution is 5.84. The zero-order valence-electron chi connectivity index (χ0n) is 15.3. The van der Waals surface area contributed by atoms with Gasteiger partial charge in [-0.15, -0.1) is 0 Å². The van der Waals surface area contributed by atoms with Crippen LogP contribution in [0.1, 0.15) is 20.8 Å². The molecule has 3 rings (SSSR count). The van der Waals surface area contributed by atoms with Gasteiger partial charge in [-0.2, -0.15) is 0 Å². The topological polar surface area (TPSA) is 81.0 Å². The van der Waals surface area contributed by atoms with Gasteiger partial charge in [0.25, 0.3) is 5.91 Å². The Bertz CT molecular complexity index is 847. The maximum atomic E-state index is 12.5. The molecule has 7 nitrogen and oxygen atoms in total. The van der Waals surface area contributed by atoms with Crippen molar-refractivity contribution in [1.29, 1.82) is 0 Å². The molecule has 1 N–H and O–H groups in total. The molecule has 1 aromatic heterocycles. The van der Waals surface area contributed by atoms with E-state index in [1.54, 1.807) is 18.2 Å². The molecule has 2 heterocycles. The molecule has 0 unspecified atom stereocenters. The van der Waals surface area contributed by atoms with Crippen LogP contribution in [0.2, 0.25) is 0 Å². The van der Waals surface area contributed by atoms with Crippen LogP contribution in [0.25, 0.3) is 11.0 Å². The SMILES string of the molecule is CC(C)(C)NC(=O)COc1cccc2c(=O)cc(N3CCOCC3)oc12. The summed E-state index contributed by atoms with van der Waals surface area (Å²) in [6.07, 6.45) is 0. The molecule has 0 saturated carbocycles. The normalized spacial score (nSPS) is 15.1. The highest BCUT2D eigenvalue weighted by Crippen LogP contribution is 2.27. The summed E-state index contributed by atoms with van der Waals surface area (Å²) in [5.41, 5.74) is -0.127. The average molecular weight is 360 g/mol. The van der Waals surface area contributed by atoms with Gasteiger partial charge in [-0.25, -0.2) is 0 Å². The monoisotopic (exact) mass is 360 g/mol. The molecule has 0 spiro atoms. The number of morpholine rings is 1. The van der Waals surface area contributed by atoms with E-state index >= 15 is 0 Å². The third-order valence-electron chi connectivity index (χ3n) is 3.90. The second kappa shape index (κ2) is 7.37. The van der Waals surface area contributed by atoms with Crippen LogP contribution in [0.5, 0.6) is 5.75 Å². The Morgan fingerprint density at radius 3 is 2.69 bits per heavy atom. The van der Waals surface area contributed by atoms with E-state index in [2.05, 4.69) is 5.32 Å². The number of ether oxygens (including phenoxy) is 2. The average Bonchev–Trinajstić information content (AvgIpc) is 2.59. The number of anilines is 1. The number of hydrogen-bond donors (Lipinski definition) is 1. The van der Waals surface area contributed by atoms with Gasteiger partial charge in [0.05, 0.1) is 18.6 Å². The highest BCUT2D eigenvalue weighted by Gasteiger charge is 2.18. The highest BCUT2D eigenvalue weighted by atomic mass is 16.5. The predicted molar refractivity (Wildman–Crippen MR) is 98.9 cm³/mol. The zero-order chi connectivity index (χ0) is 18.7. The molecule has 1 amide bonds. The predicted octanol–water partition coefficient (Wildman–Crippen LogP) is 1.92. The van der Waals surface area contributed by atoms with E-state index in [1.165, 1.54) is 6.07 Å². The summed E-state index contributed by atoms with van der Waals surface area (Å²) in [4.78, 5) is 26.4. The molecule has 1 aromatic carbocycles. The third kappa shape index (κ3) is 4.35. The van der Waals surface area contributed by atoms with Gasteiger partial charge in [0, 0.05) is 24.7 Å². The van der Waals surface area contributed by atoms with Crippen LogP contribution in [0.3, 0.4) is 0 Å². The number of fused-ring (bicyclic) bond motifs is 1. The number of amides is 1. The number of hydrogen-bond acceptors (Lipinski definition) is 6. The van der Waals surface area contributed by atoms with Crippen LogP contribution < -0.4 is 20.4 Å². The maximum absolute atomic E-state index is 12.5. The summed E-state index contributed by atoms with van der Waals surface area (Å²) in [5, 5.41) is 3.26. The molecular weight excluding hydrogens is 336 g/mol. The lowest BCUT2D eigenvalue weighted by atomic mass is 10.1. The van der Waals surface area contributed by atoms with Gasteiger partial charge in [-0.3, -0.25) is 9.59 Å². The van der Waals surface area contributed by atoms with Gasteiger partial charge in [0.1, 0.15) is 0 Å². The van der Waals surface area contributed by atoms with E-state index in [0.717, 1.165) is 0 Å². The van der Waals surface area contributed by atoms with Gasteiger partial charge in [0.15, 0.2) is 29.3 Å².